The molecule has 0 aliphatic rings. The molecule has 1 aromatic heterocycles. The highest BCUT2D eigenvalue weighted by atomic mass is 16.1. The molecule has 0 fully saturated rings. The van der Waals surface area contributed by atoms with Gasteiger partial charge in [-0.2, -0.15) is 4.98 Å². The maximum atomic E-state index is 10.6. The predicted molar refractivity (Wildman–Crippen MR) is 58.6 cm³/mol. The lowest BCUT2D eigenvalue weighted by Crippen LogP contribution is -2.22. The summed E-state index contributed by atoms with van der Waals surface area (Å²) in [7, 11) is 0. The number of rotatable bonds is 5. The summed E-state index contributed by atoms with van der Waals surface area (Å²) in [4.78, 5) is 18.9. The van der Waals surface area contributed by atoms with Crippen molar-refractivity contribution in [2.24, 2.45) is 5.73 Å². The first-order valence-electron chi connectivity index (χ1n) is 4.73. The van der Waals surface area contributed by atoms with Crippen LogP contribution in [-0.4, -0.2) is 29.0 Å². The van der Waals surface area contributed by atoms with Crippen molar-refractivity contribution < 1.29 is 4.79 Å². The molecule has 0 unspecified atom stereocenters. The number of amides is 1. The Balaban J connectivity index is 2.75. The van der Waals surface area contributed by atoms with Crippen molar-refractivity contribution in [2.45, 2.75) is 13.8 Å². The average molecular weight is 209 g/mol. The van der Waals surface area contributed by atoms with Crippen molar-refractivity contribution >= 4 is 17.7 Å². The molecule has 6 heteroatoms. The van der Waals surface area contributed by atoms with E-state index in [0.717, 1.165) is 12.1 Å². The fraction of sp³-hybridized carbons (Fsp3) is 0.444. The highest BCUT2D eigenvalue weighted by Gasteiger charge is 2.03. The second-order valence-corrected chi connectivity index (χ2v) is 3.08. The van der Waals surface area contributed by atoms with Gasteiger partial charge >= 0.3 is 0 Å². The number of hydrogen-bond donors (Lipinski definition) is 3. The van der Waals surface area contributed by atoms with Gasteiger partial charge < -0.3 is 16.4 Å². The molecule has 0 saturated carbocycles. The van der Waals surface area contributed by atoms with Crippen LogP contribution >= 0.6 is 0 Å². The van der Waals surface area contributed by atoms with Gasteiger partial charge in [-0.3, -0.25) is 4.79 Å². The zero-order chi connectivity index (χ0) is 11.3. The van der Waals surface area contributed by atoms with E-state index in [-0.39, 0.29) is 6.54 Å². The maximum absolute atomic E-state index is 10.6. The van der Waals surface area contributed by atoms with Gasteiger partial charge in [0, 0.05) is 18.3 Å². The maximum Gasteiger partial charge on any atom is 0.236 e. The van der Waals surface area contributed by atoms with Crippen molar-refractivity contribution in [1.29, 1.82) is 0 Å². The van der Waals surface area contributed by atoms with Crippen molar-refractivity contribution in [1.82, 2.24) is 9.97 Å². The summed E-state index contributed by atoms with van der Waals surface area (Å²) in [5.41, 5.74) is 5.90. The fourth-order valence-electron chi connectivity index (χ4n) is 1.04. The van der Waals surface area contributed by atoms with Gasteiger partial charge in [0.2, 0.25) is 11.9 Å². The number of aryl methyl sites for hydroxylation is 1. The number of carbonyl (C=O) groups excluding carboxylic acids is 1. The Hall–Kier alpha value is -1.85. The molecule has 1 heterocycles. The Morgan fingerprint density at radius 3 is 2.87 bits per heavy atom. The van der Waals surface area contributed by atoms with Crippen LogP contribution in [0.25, 0.3) is 0 Å². The van der Waals surface area contributed by atoms with Gasteiger partial charge in [-0.1, -0.05) is 0 Å². The minimum atomic E-state index is -0.419. The molecular weight excluding hydrogens is 194 g/mol. The largest absolute Gasteiger partial charge is 0.368 e. The summed E-state index contributed by atoms with van der Waals surface area (Å²) < 4.78 is 0. The Morgan fingerprint density at radius 1 is 1.53 bits per heavy atom. The highest BCUT2D eigenvalue weighted by Crippen LogP contribution is 2.11. The molecule has 4 N–H and O–H groups in total. The highest BCUT2D eigenvalue weighted by molar-refractivity contribution is 5.78. The van der Waals surface area contributed by atoms with E-state index in [9.17, 15) is 4.79 Å². The van der Waals surface area contributed by atoms with E-state index < -0.39 is 5.91 Å². The molecule has 82 valence electrons. The minimum Gasteiger partial charge on any atom is -0.368 e. The van der Waals surface area contributed by atoms with Crippen molar-refractivity contribution in [2.75, 3.05) is 23.7 Å². The van der Waals surface area contributed by atoms with Gasteiger partial charge in [-0.05, 0) is 13.8 Å². The minimum absolute atomic E-state index is 0.0728. The van der Waals surface area contributed by atoms with Gasteiger partial charge in [0.05, 0.1) is 6.54 Å². The van der Waals surface area contributed by atoms with E-state index in [2.05, 4.69) is 20.6 Å². The zero-order valence-electron chi connectivity index (χ0n) is 8.87. The number of nitrogens with zero attached hydrogens (tertiary/aromatic N) is 2. The zero-order valence-corrected chi connectivity index (χ0v) is 8.87. The molecule has 0 bridgehead atoms. The van der Waals surface area contributed by atoms with Gasteiger partial charge in [0.25, 0.3) is 0 Å². The third kappa shape index (κ3) is 3.41. The number of aromatic nitrogens is 2. The molecule has 0 atom stereocenters. The molecule has 0 aliphatic carbocycles. The van der Waals surface area contributed by atoms with Crippen molar-refractivity contribution in [3.8, 4) is 0 Å². The first-order valence-corrected chi connectivity index (χ1v) is 4.73. The Morgan fingerprint density at radius 2 is 2.27 bits per heavy atom. The third-order valence-electron chi connectivity index (χ3n) is 1.74. The topological polar surface area (TPSA) is 92.9 Å². The molecule has 1 aromatic rings. The second kappa shape index (κ2) is 5.14. The summed E-state index contributed by atoms with van der Waals surface area (Å²) in [5.74, 6) is 0.743. The van der Waals surface area contributed by atoms with Crippen LogP contribution in [0.2, 0.25) is 0 Å². The van der Waals surface area contributed by atoms with Crippen LogP contribution in [0.4, 0.5) is 11.8 Å². The van der Waals surface area contributed by atoms with E-state index >= 15 is 0 Å². The fourth-order valence-corrected chi connectivity index (χ4v) is 1.04. The van der Waals surface area contributed by atoms with Crippen LogP contribution in [0, 0.1) is 6.92 Å². The standard InChI is InChI=1S/C9H15N5O/c1-3-11-9-13-4-6(2)8(14-9)12-5-7(10)15/h4H,3,5H2,1-2H3,(H2,10,15)(H2,11,12,13,14). The van der Waals surface area contributed by atoms with Crippen molar-refractivity contribution in [3.63, 3.8) is 0 Å². The average Bonchev–Trinajstić information content (AvgIpc) is 2.19. The summed E-state index contributed by atoms with van der Waals surface area (Å²) in [6.07, 6.45) is 1.69. The molecule has 15 heavy (non-hydrogen) atoms. The molecule has 0 radical (unpaired) electrons. The number of nitrogens with two attached hydrogens (primary N) is 1. The van der Waals surface area contributed by atoms with Crippen LogP contribution in [0.3, 0.4) is 0 Å². The van der Waals surface area contributed by atoms with Crippen LogP contribution in [-0.2, 0) is 4.79 Å². The van der Waals surface area contributed by atoms with E-state index in [4.69, 9.17) is 5.73 Å². The van der Waals surface area contributed by atoms with Crippen LogP contribution in [0.1, 0.15) is 12.5 Å². The first kappa shape index (κ1) is 11.2. The molecule has 1 rings (SSSR count). The lowest BCUT2D eigenvalue weighted by Gasteiger charge is -2.08. The predicted octanol–water partition coefficient (Wildman–Crippen LogP) is 0.114. The number of nitrogens with one attached hydrogen (secondary N) is 2. The Bertz CT molecular complexity index is 352. The normalized spacial score (nSPS) is 9.73. The van der Waals surface area contributed by atoms with E-state index in [1.165, 1.54) is 0 Å². The molecule has 0 saturated heterocycles. The molecule has 1 amide bonds. The lowest BCUT2D eigenvalue weighted by atomic mass is 10.3. The third-order valence-corrected chi connectivity index (χ3v) is 1.74. The van der Waals surface area contributed by atoms with E-state index in [1.54, 1.807) is 6.20 Å². The molecular formula is C9H15N5O. The smallest absolute Gasteiger partial charge is 0.236 e. The summed E-state index contributed by atoms with van der Waals surface area (Å²) in [6, 6.07) is 0. The lowest BCUT2D eigenvalue weighted by molar-refractivity contribution is -0.116. The molecule has 0 aliphatic heterocycles. The first-order chi connectivity index (χ1) is 7.13. The van der Waals surface area contributed by atoms with Crippen LogP contribution in [0.15, 0.2) is 6.20 Å². The van der Waals surface area contributed by atoms with Gasteiger partial charge in [-0.25, -0.2) is 4.98 Å². The number of carbonyl (C=O) groups is 1. The van der Waals surface area contributed by atoms with E-state index in [1.807, 2.05) is 13.8 Å². The molecule has 0 spiro atoms. The summed E-state index contributed by atoms with van der Waals surface area (Å²) in [6.45, 7) is 4.64. The summed E-state index contributed by atoms with van der Waals surface area (Å²) >= 11 is 0. The quantitative estimate of drug-likeness (QED) is 0.640. The second-order valence-electron chi connectivity index (χ2n) is 3.08. The Labute approximate surface area is 88.3 Å². The molecule has 0 aromatic carbocycles. The van der Waals surface area contributed by atoms with Gasteiger partial charge in [-0.15, -0.1) is 0 Å². The van der Waals surface area contributed by atoms with Crippen LogP contribution in [0.5, 0.6) is 0 Å². The number of hydrogen-bond acceptors (Lipinski definition) is 5. The van der Waals surface area contributed by atoms with Crippen molar-refractivity contribution in [3.05, 3.63) is 11.8 Å². The summed E-state index contributed by atoms with van der Waals surface area (Å²) in [5, 5.41) is 5.83. The van der Waals surface area contributed by atoms with Crippen LogP contribution < -0.4 is 16.4 Å². The molecule has 6 nitrogen and oxygen atoms in total. The van der Waals surface area contributed by atoms with Gasteiger partial charge in [0.15, 0.2) is 0 Å². The monoisotopic (exact) mass is 209 g/mol. The Kier molecular flexibility index (Phi) is 3.84. The van der Waals surface area contributed by atoms with Gasteiger partial charge in [0.1, 0.15) is 5.82 Å². The van der Waals surface area contributed by atoms with E-state index in [0.29, 0.717) is 11.8 Å². The SMILES string of the molecule is CCNc1ncc(C)c(NCC(N)=O)n1. The number of anilines is 2. The number of primary amides is 1.